The maximum Gasteiger partial charge on any atom is 0.106 e. The van der Waals surface area contributed by atoms with Crippen LogP contribution in [0.15, 0.2) is 66.0 Å². The Morgan fingerprint density at radius 3 is 3.14 bits per heavy atom. The van der Waals surface area contributed by atoms with Gasteiger partial charge in [-0.05, 0) is 35.6 Å². The molecule has 0 N–H and O–H groups in total. The fraction of sp³-hybridized carbons (Fsp3) is 0.300. The smallest absolute Gasteiger partial charge is 0.106 e. The molecule has 0 aromatic heterocycles. The maximum atomic E-state index is 6.33. The molecular formula is C20H18O2. The monoisotopic (exact) mass is 290 g/mol. The molecule has 110 valence electrons. The van der Waals surface area contributed by atoms with Crippen molar-refractivity contribution in [2.45, 2.75) is 18.9 Å². The molecule has 1 spiro atoms. The predicted octanol–water partition coefficient (Wildman–Crippen LogP) is 4.33. The fourth-order valence-electron chi connectivity index (χ4n) is 4.55. The molecule has 2 nitrogen and oxygen atoms in total. The number of allylic oxidation sites excluding steroid dienone is 4. The zero-order chi connectivity index (χ0) is 14.6. The highest BCUT2D eigenvalue weighted by Gasteiger charge is 2.53. The van der Waals surface area contributed by atoms with Gasteiger partial charge in [-0.2, -0.15) is 0 Å². The number of hydrogen-bond acceptors (Lipinski definition) is 2. The molecule has 1 fully saturated rings. The van der Waals surface area contributed by atoms with E-state index in [0.717, 1.165) is 19.4 Å². The Bertz CT molecular complexity index is 766. The molecule has 2 heterocycles. The Kier molecular flexibility index (Phi) is 2.53. The van der Waals surface area contributed by atoms with Crippen LogP contribution in [-0.4, -0.2) is 13.2 Å². The van der Waals surface area contributed by atoms with Crippen molar-refractivity contribution in [2.75, 3.05) is 13.2 Å². The van der Waals surface area contributed by atoms with E-state index in [4.69, 9.17) is 9.47 Å². The number of ether oxygens (including phenoxy) is 2. The van der Waals surface area contributed by atoms with Crippen LogP contribution in [0.5, 0.6) is 0 Å². The largest absolute Gasteiger partial charge is 0.496 e. The molecular weight excluding hydrogens is 272 g/mol. The molecule has 0 saturated carbocycles. The van der Waals surface area contributed by atoms with Gasteiger partial charge < -0.3 is 9.47 Å². The highest BCUT2D eigenvalue weighted by molar-refractivity contribution is 5.86. The molecule has 0 amide bonds. The summed E-state index contributed by atoms with van der Waals surface area (Å²) in [6.07, 6.45) is 13.2. The quantitative estimate of drug-likeness (QED) is 0.708. The third kappa shape index (κ3) is 1.43. The van der Waals surface area contributed by atoms with Crippen LogP contribution in [0.3, 0.4) is 0 Å². The highest BCUT2D eigenvalue weighted by Crippen LogP contribution is 2.63. The van der Waals surface area contributed by atoms with Crippen LogP contribution in [-0.2, 0) is 9.47 Å². The molecule has 2 aliphatic carbocycles. The highest BCUT2D eigenvalue weighted by atomic mass is 16.5. The summed E-state index contributed by atoms with van der Waals surface area (Å²) in [6.45, 7) is 1.47. The minimum atomic E-state index is -0.0308. The lowest BCUT2D eigenvalue weighted by molar-refractivity contribution is -0.0387. The van der Waals surface area contributed by atoms with Gasteiger partial charge in [0.25, 0.3) is 0 Å². The first-order valence-corrected chi connectivity index (χ1v) is 8.01. The summed E-state index contributed by atoms with van der Waals surface area (Å²) in [5.74, 6) is 0. The van der Waals surface area contributed by atoms with Gasteiger partial charge in [-0.25, -0.2) is 0 Å². The van der Waals surface area contributed by atoms with Crippen LogP contribution in [0.4, 0.5) is 0 Å². The number of fused-ring (bicyclic) bond motifs is 4. The second-order valence-electron chi connectivity index (χ2n) is 6.37. The van der Waals surface area contributed by atoms with E-state index in [1.165, 1.54) is 27.8 Å². The lowest BCUT2D eigenvalue weighted by Gasteiger charge is -2.52. The normalized spacial score (nSPS) is 31.5. The minimum Gasteiger partial charge on any atom is -0.496 e. The van der Waals surface area contributed by atoms with E-state index in [1.807, 2.05) is 6.26 Å². The van der Waals surface area contributed by atoms with Crippen molar-refractivity contribution in [3.05, 3.63) is 77.1 Å². The van der Waals surface area contributed by atoms with Gasteiger partial charge in [-0.1, -0.05) is 48.1 Å². The molecule has 4 aliphatic rings. The lowest BCUT2D eigenvalue weighted by atomic mass is 9.56. The van der Waals surface area contributed by atoms with Gasteiger partial charge in [0.05, 0.1) is 24.4 Å². The number of rotatable bonds is 0. The summed E-state index contributed by atoms with van der Waals surface area (Å²) in [5, 5.41) is 0. The molecule has 1 aromatic carbocycles. The second kappa shape index (κ2) is 4.47. The van der Waals surface area contributed by atoms with Gasteiger partial charge in [0.1, 0.15) is 6.61 Å². The molecule has 2 atom stereocenters. The summed E-state index contributed by atoms with van der Waals surface area (Å²) < 4.78 is 12.0. The van der Waals surface area contributed by atoms with E-state index in [1.54, 1.807) is 0 Å². The van der Waals surface area contributed by atoms with Gasteiger partial charge in [0.2, 0.25) is 0 Å². The standard InChI is InChI=1S/C20H18O2/c1-2-7-16-15(6-1)17-13-21-11-9-18(17)20-10-4-3-5-14(20)8-12-22-19(16)20/h1-7,9,13,19H,8,10-12H2. The van der Waals surface area contributed by atoms with Crippen LogP contribution in [0.25, 0.3) is 5.57 Å². The van der Waals surface area contributed by atoms with Crippen molar-refractivity contribution < 1.29 is 9.47 Å². The second-order valence-corrected chi connectivity index (χ2v) is 6.37. The van der Waals surface area contributed by atoms with Gasteiger partial charge in [0.15, 0.2) is 0 Å². The van der Waals surface area contributed by atoms with Crippen molar-refractivity contribution in [3.63, 3.8) is 0 Å². The van der Waals surface area contributed by atoms with Crippen LogP contribution in [0, 0.1) is 5.41 Å². The van der Waals surface area contributed by atoms with Gasteiger partial charge in [-0.15, -0.1) is 0 Å². The average Bonchev–Trinajstić information content (AvgIpc) is 2.61. The Morgan fingerprint density at radius 2 is 2.14 bits per heavy atom. The molecule has 0 radical (unpaired) electrons. The van der Waals surface area contributed by atoms with Crippen LogP contribution in [0.2, 0.25) is 0 Å². The molecule has 22 heavy (non-hydrogen) atoms. The van der Waals surface area contributed by atoms with Gasteiger partial charge in [-0.3, -0.25) is 0 Å². The SMILES string of the molecule is C1=CCC23C(=C1)CCOC2c1ccccc1C1=COCC=C13. The summed E-state index contributed by atoms with van der Waals surface area (Å²) in [7, 11) is 0. The lowest BCUT2D eigenvalue weighted by Crippen LogP contribution is -2.43. The van der Waals surface area contributed by atoms with Crippen molar-refractivity contribution in [1.29, 1.82) is 0 Å². The third-order valence-corrected chi connectivity index (χ3v) is 5.44. The zero-order valence-corrected chi connectivity index (χ0v) is 12.4. The van der Waals surface area contributed by atoms with Crippen LogP contribution < -0.4 is 0 Å². The molecule has 2 heteroatoms. The van der Waals surface area contributed by atoms with Gasteiger partial charge in [0, 0.05) is 5.57 Å². The number of benzene rings is 1. The topological polar surface area (TPSA) is 18.5 Å². The van der Waals surface area contributed by atoms with Crippen LogP contribution >= 0.6 is 0 Å². The predicted molar refractivity (Wildman–Crippen MR) is 86.0 cm³/mol. The first kappa shape index (κ1) is 12.5. The minimum absolute atomic E-state index is 0.0308. The van der Waals surface area contributed by atoms with E-state index in [2.05, 4.69) is 48.6 Å². The van der Waals surface area contributed by atoms with E-state index in [-0.39, 0.29) is 11.5 Å². The first-order chi connectivity index (χ1) is 10.9. The van der Waals surface area contributed by atoms with Gasteiger partial charge >= 0.3 is 0 Å². The fourth-order valence-corrected chi connectivity index (χ4v) is 4.55. The van der Waals surface area contributed by atoms with Crippen molar-refractivity contribution in [2.24, 2.45) is 5.41 Å². The Balaban J connectivity index is 1.84. The molecule has 2 unspecified atom stereocenters. The molecule has 5 rings (SSSR count). The third-order valence-electron chi connectivity index (χ3n) is 5.44. The average molecular weight is 290 g/mol. The van der Waals surface area contributed by atoms with E-state index in [0.29, 0.717) is 6.61 Å². The van der Waals surface area contributed by atoms with Crippen molar-refractivity contribution in [3.8, 4) is 0 Å². The molecule has 2 aliphatic heterocycles. The molecule has 0 bridgehead atoms. The summed E-state index contributed by atoms with van der Waals surface area (Å²) in [4.78, 5) is 0. The van der Waals surface area contributed by atoms with Crippen molar-refractivity contribution >= 4 is 5.57 Å². The number of hydrogen-bond donors (Lipinski definition) is 0. The van der Waals surface area contributed by atoms with Crippen LogP contribution in [0.1, 0.15) is 30.1 Å². The summed E-state index contributed by atoms with van der Waals surface area (Å²) in [6, 6.07) is 8.63. The summed E-state index contributed by atoms with van der Waals surface area (Å²) >= 11 is 0. The van der Waals surface area contributed by atoms with E-state index >= 15 is 0 Å². The van der Waals surface area contributed by atoms with E-state index < -0.39 is 0 Å². The molecule has 1 aromatic rings. The molecule has 1 saturated heterocycles. The Hall–Kier alpha value is -2.06. The van der Waals surface area contributed by atoms with E-state index in [9.17, 15) is 0 Å². The summed E-state index contributed by atoms with van der Waals surface area (Å²) in [5.41, 5.74) is 6.69. The Morgan fingerprint density at radius 1 is 1.18 bits per heavy atom. The Labute approximate surface area is 130 Å². The maximum absolute atomic E-state index is 6.33. The van der Waals surface area contributed by atoms with Crippen molar-refractivity contribution in [1.82, 2.24) is 0 Å². The first-order valence-electron chi connectivity index (χ1n) is 8.01. The zero-order valence-electron chi connectivity index (χ0n) is 12.4.